The predicted octanol–water partition coefficient (Wildman–Crippen LogP) is 3.10. The summed E-state index contributed by atoms with van der Waals surface area (Å²) in [7, 11) is 1.43. The normalized spacial score (nSPS) is 21.6. The SMILES string of the molecule is CCC1CC1NC(=O)c1cc(Cl)c(C)c(S(=O)(=O)Cl)c1. The van der Waals surface area contributed by atoms with E-state index < -0.39 is 9.05 Å². The third-order valence-electron chi connectivity index (χ3n) is 3.58. The van der Waals surface area contributed by atoms with Gasteiger partial charge in [-0.2, -0.15) is 0 Å². The number of carbonyl (C=O) groups is 1. The van der Waals surface area contributed by atoms with Crippen LogP contribution in [-0.4, -0.2) is 20.4 Å². The standard InChI is InChI=1S/C13H15Cl2NO3S/c1-3-8-5-11(8)16-13(17)9-4-10(14)7(2)12(6-9)20(15,18)19/h4,6,8,11H,3,5H2,1-2H3,(H,16,17). The minimum atomic E-state index is -3.93. The monoisotopic (exact) mass is 335 g/mol. The summed E-state index contributed by atoms with van der Waals surface area (Å²) in [4.78, 5) is 12.0. The summed E-state index contributed by atoms with van der Waals surface area (Å²) in [6.07, 6.45) is 1.98. The molecule has 4 nitrogen and oxygen atoms in total. The molecule has 0 spiro atoms. The zero-order chi connectivity index (χ0) is 15.1. The first kappa shape index (κ1) is 15.6. The minimum Gasteiger partial charge on any atom is -0.349 e. The molecule has 1 amide bonds. The highest BCUT2D eigenvalue weighted by molar-refractivity contribution is 8.13. The van der Waals surface area contributed by atoms with E-state index in [-0.39, 0.29) is 27.4 Å². The van der Waals surface area contributed by atoms with E-state index in [9.17, 15) is 13.2 Å². The van der Waals surface area contributed by atoms with Gasteiger partial charge in [0, 0.05) is 27.3 Å². The Balaban J connectivity index is 2.29. The maximum absolute atomic E-state index is 12.1. The van der Waals surface area contributed by atoms with Crippen molar-refractivity contribution in [3.05, 3.63) is 28.3 Å². The zero-order valence-corrected chi connectivity index (χ0v) is 13.4. The maximum Gasteiger partial charge on any atom is 0.261 e. The largest absolute Gasteiger partial charge is 0.349 e. The molecule has 0 heterocycles. The Hall–Kier alpha value is -0.780. The number of halogens is 2. The van der Waals surface area contributed by atoms with E-state index in [1.807, 2.05) is 0 Å². The molecule has 2 rings (SSSR count). The number of nitrogens with one attached hydrogen (secondary N) is 1. The van der Waals surface area contributed by atoms with Crippen LogP contribution in [0, 0.1) is 12.8 Å². The first-order valence-corrected chi connectivity index (χ1v) is 8.98. The molecule has 2 unspecified atom stereocenters. The van der Waals surface area contributed by atoms with Crippen molar-refractivity contribution in [2.75, 3.05) is 0 Å². The Morgan fingerprint density at radius 3 is 2.60 bits per heavy atom. The molecule has 0 aromatic heterocycles. The van der Waals surface area contributed by atoms with Gasteiger partial charge in [-0.15, -0.1) is 0 Å². The van der Waals surface area contributed by atoms with Gasteiger partial charge in [0.05, 0.1) is 4.90 Å². The van der Waals surface area contributed by atoms with Gasteiger partial charge in [0.1, 0.15) is 0 Å². The molecule has 2 atom stereocenters. The van der Waals surface area contributed by atoms with Gasteiger partial charge < -0.3 is 5.32 Å². The molecule has 0 bridgehead atoms. The summed E-state index contributed by atoms with van der Waals surface area (Å²) >= 11 is 5.97. The van der Waals surface area contributed by atoms with Crippen molar-refractivity contribution in [2.45, 2.75) is 37.6 Å². The molecule has 1 aromatic rings. The third-order valence-corrected chi connectivity index (χ3v) is 5.43. The van der Waals surface area contributed by atoms with Crippen LogP contribution in [0.25, 0.3) is 0 Å². The number of amides is 1. The van der Waals surface area contributed by atoms with Crippen LogP contribution in [0.1, 0.15) is 35.7 Å². The Morgan fingerprint density at radius 1 is 1.45 bits per heavy atom. The van der Waals surface area contributed by atoms with Crippen molar-refractivity contribution in [1.82, 2.24) is 5.32 Å². The van der Waals surface area contributed by atoms with Crippen LogP contribution < -0.4 is 5.32 Å². The van der Waals surface area contributed by atoms with Gasteiger partial charge in [0.15, 0.2) is 0 Å². The summed E-state index contributed by atoms with van der Waals surface area (Å²) in [5.41, 5.74) is 0.553. The van der Waals surface area contributed by atoms with Gasteiger partial charge in [0.2, 0.25) is 0 Å². The molecule has 1 saturated carbocycles. The first-order valence-electron chi connectivity index (χ1n) is 6.29. The summed E-state index contributed by atoms with van der Waals surface area (Å²) in [6, 6.07) is 2.90. The van der Waals surface area contributed by atoms with Crippen molar-refractivity contribution < 1.29 is 13.2 Å². The topological polar surface area (TPSA) is 63.2 Å². The van der Waals surface area contributed by atoms with Gasteiger partial charge >= 0.3 is 0 Å². The number of benzene rings is 1. The van der Waals surface area contributed by atoms with Crippen molar-refractivity contribution >= 4 is 37.2 Å². The second kappa shape index (κ2) is 5.54. The van der Waals surface area contributed by atoms with Gasteiger partial charge in [0.25, 0.3) is 15.0 Å². The van der Waals surface area contributed by atoms with E-state index in [0.29, 0.717) is 11.5 Å². The fourth-order valence-electron chi connectivity index (χ4n) is 2.17. The highest BCUT2D eigenvalue weighted by atomic mass is 35.7. The summed E-state index contributed by atoms with van der Waals surface area (Å²) < 4.78 is 23.0. The molecule has 0 aliphatic heterocycles. The summed E-state index contributed by atoms with van der Waals surface area (Å²) in [5.74, 6) is 0.186. The molecule has 7 heteroatoms. The Kier molecular flexibility index (Phi) is 4.33. The van der Waals surface area contributed by atoms with E-state index in [1.54, 1.807) is 6.92 Å². The highest BCUT2D eigenvalue weighted by Gasteiger charge is 2.36. The smallest absolute Gasteiger partial charge is 0.261 e. The van der Waals surface area contributed by atoms with E-state index in [1.165, 1.54) is 12.1 Å². The molecule has 110 valence electrons. The second-order valence-electron chi connectivity index (χ2n) is 5.00. The van der Waals surface area contributed by atoms with Crippen molar-refractivity contribution in [1.29, 1.82) is 0 Å². The molecular weight excluding hydrogens is 321 g/mol. The second-order valence-corrected chi connectivity index (χ2v) is 7.94. The lowest BCUT2D eigenvalue weighted by atomic mass is 10.1. The molecule has 0 saturated heterocycles. The number of carbonyl (C=O) groups excluding carboxylic acids is 1. The van der Waals surface area contributed by atoms with E-state index in [4.69, 9.17) is 22.3 Å². The van der Waals surface area contributed by atoms with Crippen molar-refractivity contribution in [3.8, 4) is 0 Å². The average Bonchev–Trinajstić information content (AvgIpc) is 3.09. The molecule has 20 heavy (non-hydrogen) atoms. The summed E-state index contributed by atoms with van der Waals surface area (Å²) in [5, 5.41) is 3.07. The van der Waals surface area contributed by atoms with Crippen LogP contribution >= 0.6 is 22.3 Å². The van der Waals surface area contributed by atoms with Gasteiger partial charge in [-0.3, -0.25) is 4.79 Å². The molecular formula is C13H15Cl2NO3S. The fourth-order valence-corrected chi connectivity index (χ4v) is 3.66. The lowest BCUT2D eigenvalue weighted by molar-refractivity contribution is 0.0948. The predicted molar refractivity (Wildman–Crippen MR) is 78.9 cm³/mol. The van der Waals surface area contributed by atoms with Gasteiger partial charge in [-0.05, 0) is 37.0 Å². The highest BCUT2D eigenvalue weighted by Crippen LogP contribution is 2.34. The van der Waals surface area contributed by atoms with Gasteiger partial charge in [-0.1, -0.05) is 24.9 Å². The maximum atomic E-state index is 12.1. The van der Waals surface area contributed by atoms with Crippen LogP contribution in [0.2, 0.25) is 5.02 Å². The Labute approximate surface area is 127 Å². The molecule has 1 aliphatic rings. The van der Waals surface area contributed by atoms with E-state index in [2.05, 4.69) is 12.2 Å². The van der Waals surface area contributed by atoms with Crippen LogP contribution in [0.15, 0.2) is 17.0 Å². The molecule has 1 fully saturated rings. The third kappa shape index (κ3) is 3.27. The number of rotatable bonds is 4. The lowest BCUT2D eigenvalue weighted by Crippen LogP contribution is -2.27. The molecule has 1 N–H and O–H groups in total. The van der Waals surface area contributed by atoms with E-state index >= 15 is 0 Å². The number of hydrogen-bond donors (Lipinski definition) is 1. The Morgan fingerprint density at radius 2 is 2.10 bits per heavy atom. The molecule has 1 aliphatic carbocycles. The van der Waals surface area contributed by atoms with E-state index in [0.717, 1.165) is 12.8 Å². The van der Waals surface area contributed by atoms with Crippen molar-refractivity contribution in [2.24, 2.45) is 5.92 Å². The first-order chi connectivity index (χ1) is 9.24. The fraction of sp³-hybridized carbons (Fsp3) is 0.462. The average molecular weight is 336 g/mol. The molecule has 1 aromatic carbocycles. The van der Waals surface area contributed by atoms with Crippen molar-refractivity contribution in [3.63, 3.8) is 0 Å². The molecule has 0 radical (unpaired) electrons. The summed E-state index contributed by atoms with van der Waals surface area (Å²) in [6.45, 7) is 3.62. The quantitative estimate of drug-likeness (QED) is 0.860. The van der Waals surface area contributed by atoms with Crippen LogP contribution in [0.3, 0.4) is 0 Å². The van der Waals surface area contributed by atoms with Gasteiger partial charge in [-0.25, -0.2) is 8.42 Å². The van der Waals surface area contributed by atoms with Crippen LogP contribution in [0.5, 0.6) is 0 Å². The Bertz CT molecular complexity index is 658. The van der Waals surface area contributed by atoms with Crippen LogP contribution in [0.4, 0.5) is 0 Å². The number of hydrogen-bond acceptors (Lipinski definition) is 3. The minimum absolute atomic E-state index is 0.125. The zero-order valence-electron chi connectivity index (χ0n) is 11.1. The lowest BCUT2D eigenvalue weighted by Gasteiger charge is -2.09. The van der Waals surface area contributed by atoms with Crippen LogP contribution in [-0.2, 0) is 9.05 Å².